The van der Waals surface area contributed by atoms with Crippen LogP contribution in [0.15, 0.2) is 18.2 Å². The molecule has 0 aliphatic carbocycles. The average Bonchev–Trinajstić information content (AvgIpc) is 2.57. The number of carbonyl (C=O) groups is 3. The average molecular weight is 338 g/mol. The number of nitrogens with one attached hydrogen (secondary N) is 1. The molecule has 8 heteroatoms. The van der Waals surface area contributed by atoms with Crippen LogP contribution in [-0.2, 0) is 14.3 Å². The molecule has 0 bridgehead atoms. The van der Waals surface area contributed by atoms with Gasteiger partial charge in [0.25, 0.3) is 5.91 Å². The van der Waals surface area contributed by atoms with Gasteiger partial charge in [0.1, 0.15) is 17.1 Å². The predicted molar refractivity (Wildman–Crippen MR) is 85.9 cm³/mol. The molecule has 0 atom stereocenters. The summed E-state index contributed by atoms with van der Waals surface area (Å²) in [7, 11) is 1.43. The van der Waals surface area contributed by atoms with Crippen LogP contribution < -0.4 is 10.1 Å². The molecule has 0 saturated heterocycles. The number of esters is 1. The van der Waals surface area contributed by atoms with Crippen LogP contribution >= 0.6 is 0 Å². The van der Waals surface area contributed by atoms with Gasteiger partial charge >= 0.3 is 5.97 Å². The van der Waals surface area contributed by atoms with Crippen molar-refractivity contribution in [1.82, 2.24) is 10.2 Å². The Balaban J connectivity index is 2.62. The summed E-state index contributed by atoms with van der Waals surface area (Å²) in [6.45, 7) is 3.65. The zero-order valence-electron chi connectivity index (χ0n) is 14.0. The molecule has 8 nitrogen and oxygen atoms in total. The molecule has 2 N–H and O–H groups in total. The van der Waals surface area contributed by atoms with Crippen LogP contribution in [-0.4, -0.2) is 61.1 Å². The van der Waals surface area contributed by atoms with E-state index in [1.807, 2.05) is 0 Å². The van der Waals surface area contributed by atoms with E-state index in [1.54, 1.807) is 13.8 Å². The van der Waals surface area contributed by atoms with Crippen LogP contribution in [0, 0.1) is 0 Å². The smallest absolute Gasteiger partial charge is 0.342 e. The lowest BCUT2D eigenvalue weighted by molar-refractivity contribution is -0.138. The Kier molecular flexibility index (Phi) is 7.54. The van der Waals surface area contributed by atoms with Crippen LogP contribution in [0.25, 0.3) is 0 Å². The summed E-state index contributed by atoms with van der Waals surface area (Å²) in [6.07, 6.45) is 0. The van der Waals surface area contributed by atoms with E-state index < -0.39 is 18.5 Å². The Labute approximate surface area is 140 Å². The number of benzene rings is 1. The number of amides is 2. The first kappa shape index (κ1) is 19.3. The first-order valence-electron chi connectivity index (χ1n) is 7.51. The zero-order chi connectivity index (χ0) is 18.1. The standard InChI is InChI=1S/C16H22N2O6/c1-4-17-14(20)9-18(5-2)15(21)10-24-16(22)12-7-6-11(23-3)8-13(12)19/h6-8,19H,4-5,9-10H2,1-3H3,(H,17,20). The molecule has 132 valence electrons. The Morgan fingerprint density at radius 3 is 2.50 bits per heavy atom. The van der Waals surface area contributed by atoms with E-state index in [4.69, 9.17) is 9.47 Å². The maximum atomic E-state index is 12.0. The first-order valence-corrected chi connectivity index (χ1v) is 7.51. The number of phenols is 1. The second kappa shape index (κ2) is 9.39. The van der Waals surface area contributed by atoms with Gasteiger partial charge in [-0.15, -0.1) is 0 Å². The highest BCUT2D eigenvalue weighted by atomic mass is 16.5. The van der Waals surface area contributed by atoms with Crippen molar-refractivity contribution in [2.75, 3.05) is 33.4 Å². The minimum absolute atomic E-state index is 0.0737. The van der Waals surface area contributed by atoms with Crippen molar-refractivity contribution < 1.29 is 29.0 Å². The third kappa shape index (κ3) is 5.45. The third-order valence-corrected chi connectivity index (χ3v) is 3.19. The Morgan fingerprint density at radius 2 is 1.96 bits per heavy atom. The number of likely N-dealkylation sites (N-methyl/N-ethyl adjacent to an activating group) is 2. The van der Waals surface area contributed by atoms with Crippen molar-refractivity contribution in [3.63, 3.8) is 0 Å². The maximum Gasteiger partial charge on any atom is 0.342 e. The molecule has 0 heterocycles. The zero-order valence-corrected chi connectivity index (χ0v) is 14.0. The number of carbonyl (C=O) groups excluding carboxylic acids is 3. The van der Waals surface area contributed by atoms with Crippen LogP contribution in [0.3, 0.4) is 0 Å². The minimum Gasteiger partial charge on any atom is -0.507 e. The molecule has 1 aromatic carbocycles. The van der Waals surface area contributed by atoms with E-state index in [-0.39, 0.29) is 23.8 Å². The molecule has 0 aromatic heterocycles. The summed E-state index contributed by atoms with van der Waals surface area (Å²) >= 11 is 0. The normalized spacial score (nSPS) is 9.96. The SMILES string of the molecule is CCNC(=O)CN(CC)C(=O)COC(=O)c1ccc(OC)cc1O. The molecule has 1 aromatic rings. The van der Waals surface area contributed by atoms with Crippen LogP contribution in [0.4, 0.5) is 0 Å². The van der Waals surface area contributed by atoms with E-state index in [0.29, 0.717) is 18.8 Å². The quantitative estimate of drug-likeness (QED) is 0.670. The lowest BCUT2D eigenvalue weighted by Crippen LogP contribution is -2.42. The molecule has 0 radical (unpaired) electrons. The van der Waals surface area contributed by atoms with Crippen molar-refractivity contribution in [3.05, 3.63) is 23.8 Å². The van der Waals surface area contributed by atoms with Gasteiger partial charge in [-0.3, -0.25) is 9.59 Å². The molecule has 0 saturated carbocycles. The van der Waals surface area contributed by atoms with Crippen molar-refractivity contribution in [3.8, 4) is 11.5 Å². The number of hydrogen-bond acceptors (Lipinski definition) is 6. The van der Waals surface area contributed by atoms with Gasteiger partial charge < -0.3 is 24.8 Å². The second-order valence-corrected chi connectivity index (χ2v) is 4.82. The Hall–Kier alpha value is -2.77. The predicted octanol–water partition coefficient (Wildman–Crippen LogP) is 0.542. The number of methoxy groups -OCH3 is 1. The van der Waals surface area contributed by atoms with Crippen molar-refractivity contribution in [2.45, 2.75) is 13.8 Å². The highest BCUT2D eigenvalue weighted by molar-refractivity contribution is 5.94. The van der Waals surface area contributed by atoms with Crippen molar-refractivity contribution >= 4 is 17.8 Å². The van der Waals surface area contributed by atoms with Gasteiger partial charge in [-0.1, -0.05) is 0 Å². The number of ether oxygens (including phenoxy) is 2. The van der Waals surface area contributed by atoms with Gasteiger partial charge in [-0.25, -0.2) is 4.79 Å². The highest BCUT2D eigenvalue weighted by Gasteiger charge is 2.19. The molecular formula is C16H22N2O6. The number of phenolic OH excluding ortho intramolecular Hbond substituents is 1. The fourth-order valence-electron chi connectivity index (χ4n) is 1.91. The highest BCUT2D eigenvalue weighted by Crippen LogP contribution is 2.23. The minimum atomic E-state index is -0.836. The van der Waals surface area contributed by atoms with Gasteiger partial charge in [-0.2, -0.15) is 0 Å². The van der Waals surface area contributed by atoms with Crippen molar-refractivity contribution in [2.24, 2.45) is 0 Å². The largest absolute Gasteiger partial charge is 0.507 e. The van der Waals surface area contributed by atoms with E-state index >= 15 is 0 Å². The summed E-state index contributed by atoms with van der Waals surface area (Å²) in [5.74, 6) is -1.53. The van der Waals surface area contributed by atoms with Crippen molar-refractivity contribution in [1.29, 1.82) is 0 Å². The van der Waals surface area contributed by atoms with Crippen LogP contribution in [0.2, 0.25) is 0 Å². The fraction of sp³-hybridized carbons (Fsp3) is 0.438. The van der Waals surface area contributed by atoms with E-state index in [1.165, 1.54) is 30.2 Å². The van der Waals surface area contributed by atoms with E-state index in [2.05, 4.69) is 5.32 Å². The van der Waals surface area contributed by atoms with Gasteiger partial charge in [-0.05, 0) is 26.0 Å². The number of aromatic hydroxyl groups is 1. The topological polar surface area (TPSA) is 105 Å². The van der Waals surface area contributed by atoms with Crippen LogP contribution in [0.5, 0.6) is 11.5 Å². The molecule has 1 rings (SSSR count). The molecule has 0 spiro atoms. The maximum absolute atomic E-state index is 12.0. The Morgan fingerprint density at radius 1 is 1.25 bits per heavy atom. The summed E-state index contributed by atoms with van der Waals surface area (Å²) in [5.41, 5.74) is -0.0737. The van der Waals surface area contributed by atoms with Crippen LogP contribution in [0.1, 0.15) is 24.2 Å². The third-order valence-electron chi connectivity index (χ3n) is 3.19. The number of rotatable bonds is 8. The fourth-order valence-corrected chi connectivity index (χ4v) is 1.91. The molecule has 0 fully saturated rings. The molecule has 0 aliphatic rings. The van der Waals surface area contributed by atoms with E-state index in [9.17, 15) is 19.5 Å². The lowest BCUT2D eigenvalue weighted by Gasteiger charge is -2.20. The summed E-state index contributed by atoms with van der Waals surface area (Å²) < 4.78 is 9.83. The first-order chi connectivity index (χ1) is 11.4. The summed E-state index contributed by atoms with van der Waals surface area (Å²) in [6, 6.07) is 4.10. The molecule has 24 heavy (non-hydrogen) atoms. The summed E-state index contributed by atoms with van der Waals surface area (Å²) in [4.78, 5) is 36.7. The summed E-state index contributed by atoms with van der Waals surface area (Å²) in [5, 5.41) is 12.4. The second-order valence-electron chi connectivity index (χ2n) is 4.82. The lowest BCUT2D eigenvalue weighted by atomic mass is 10.2. The molecular weight excluding hydrogens is 316 g/mol. The van der Waals surface area contributed by atoms with E-state index in [0.717, 1.165) is 0 Å². The molecule has 2 amide bonds. The number of nitrogens with zero attached hydrogens (tertiary/aromatic N) is 1. The molecule has 0 unspecified atom stereocenters. The monoisotopic (exact) mass is 338 g/mol. The van der Waals surface area contributed by atoms with Gasteiger partial charge in [0.2, 0.25) is 5.91 Å². The number of hydrogen-bond donors (Lipinski definition) is 2. The van der Waals surface area contributed by atoms with Gasteiger partial charge in [0, 0.05) is 19.2 Å². The van der Waals surface area contributed by atoms with Gasteiger partial charge in [0.05, 0.1) is 13.7 Å². The Bertz CT molecular complexity index is 602. The van der Waals surface area contributed by atoms with Gasteiger partial charge in [0.15, 0.2) is 6.61 Å². The molecule has 0 aliphatic heterocycles.